The van der Waals surface area contributed by atoms with Crippen LogP contribution in [0.5, 0.6) is 5.75 Å². The third kappa shape index (κ3) is 2.64. The highest BCUT2D eigenvalue weighted by molar-refractivity contribution is 6.31. The van der Waals surface area contributed by atoms with E-state index in [4.69, 9.17) is 22.1 Å². The molecule has 2 N–H and O–H groups in total. The van der Waals surface area contributed by atoms with Crippen molar-refractivity contribution in [3.05, 3.63) is 27.8 Å². The lowest BCUT2D eigenvalue weighted by atomic mass is 9.99. The smallest absolute Gasteiger partial charge is 0.126 e. The maximum Gasteiger partial charge on any atom is 0.126 e. The van der Waals surface area contributed by atoms with Gasteiger partial charge in [0.1, 0.15) is 5.75 Å². The molecule has 0 aliphatic carbocycles. The van der Waals surface area contributed by atoms with E-state index in [9.17, 15) is 0 Å². The minimum Gasteiger partial charge on any atom is -0.496 e. The monoisotopic (exact) mass is 227 g/mol. The average Bonchev–Trinajstić information content (AvgIpc) is 2.14. The number of nitrogens with two attached hydrogens (primary N) is 1. The summed E-state index contributed by atoms with van der Waals surface area (Å²) >= 11 is 6.13. The summed E-state index contributed by atoms with van der Waals surface area (Å²) in [6, 6.07) is 2.12. The Hall–Kier alpha value is -0.730. The molecule has 1 unspecified atom stereocenters. The van der Waals surface area contributed by atoms with E-state index in [-0.39, 0.29) is 6.04 Å². The van der Waals surface area contributed by atoms with Crippen LogP contribution >= 0.6 is 11.6 Å². The third-order valence-corrected chi connectivity index (χ3v) is 2.96. The van der Waals surface area contributed by atoms with Crippen molar-refractivity contribution in [2.75, 3.05) is 7.11 Å². The predicted octanol–water partition coefficient (Wildman–Crippen LogP) is 2.86. The molecule has 1 rings (SSSR count). The largest absolute Gasteiger partial charge is 0.496 e. The minimum absolute atomic E-state index is 0.132. The van der Waals surface area contributed by atoms with E-state index >= 15 is 0 Å². The average molecular weight is 228 g/mol. The van der Waals surface area contributed by atoms with Gasteiger partial charge in [-0.2, -0.15) is 0 Å². The normalized spacial score (nSPS) is 12.7. The van der Waals surface area contributed by atoms with Crippen molar-refractivity contribution in [3.8, 4) is 5.75 Å². The molecule has 15 heavy (non-hydrogen) atoms. The zero-order valence-electron chi connectivity index (χ0n) is 9.73. The zero-order chi connectivity index (χ0) is 11.6. The Kier molecular flexibility index (Phi) is 4.00. The molecular formula is C12H18ClNO. The Balaban J connectivity index is 3.24. The van der Waals surface area contributed by atoms with Crippen LogP contribution < -0.4 is 10.5 Å². The molecule has 1 aromatic rings. The van der Waals surface area contributed by atoms with Gasteiger partial charge in [0, 0.05) is 16.6 Å². The first kappa shape index (κ1) is 12.3. The lowest BCUT2D eigenvalue weighted by Gasteiger charge is -2.16. The van der Waals surface area contributed by atoms with Gasteiger partial charge in [-0.05, 0) is 44.4 Å². The van der Waals surface area contributed by atoms with E-state index in [1.807, 2.05) is 26.8 Å². The molecule has 0 saturated heterocycles. The number of hydrogen-bond donors (Lipinski definition) is 1. The molecule has 0 aliphatic rings. The highest BCUT2D eigenvalue weighted by Gasteiger charge is 2.12. The van der Waals surface area contributed by atoms with Crippen LogP contribution in [0, 0.1) is 13.8 Å². The Morgan fingerprint density at radius 1 is 1.40 bits per heavy atom. The number of halogens is 1. The summed E-state index contributed by atoms with van der Waals surface area (Å²) in [5, 5.41) is 0.744. The molecule has 0 amide bonds. The van der Waals surface area contributed by atoms with Crippen molar-refractivity contribution in [2.45, 2.75) is 33.2 Å². The Morgan fingerprint density at radius 2 is 2.00 bits per heavy atom. The molecule has 0 saturated carbocycles. The van der Waals surface area contributed by atoms with E-state index in [0.29, 0.717) is 0 Å². The molecule has 1 atom stereocenters. The summed E-state index contributed by atoms with van der Waals surface area (Å²) < 4.78 is 5.35. The van der Waals surface area contributed by atoms with E-state index in [1.165, 1.54) is 0 Å². The highest BCUT2D eigenvalue weighted by atomic mass is 35.5. The fraction of sp³-hybridized carbons (Fsp3) is 0.500. The number of rotatable bonds is 3. The van der Waals surface area contributed by atoms with E-state index in [0.717, 1.165) is 33.9 Å². The van der Waals surface area contributed by atoms with Crippen LogP contribution in [-0.4, -0.2) is 13.2 Å². The van der Waals surface area contributed by atoms with E-state index in [2.05, 4.69) is 0 Å². The van der Waals surface area contributed by atoms with Crippen LogP contribution in [0.2, 0.25) is 5.02 Å². The van der Waals surface area contributed by atoms with Crippen molar-refractivity contribution in [1.82, 2.24) is 0 Å². The number of ether oxygens (including phenoxy) is 1. The molecule has 0 fully saturated rings. The van der Waals surface area contributed by atoms with E-state index < -0.39 is 0 Å². The Morgan fingerprint density at radius 3 is 2.47 bits per heavy atom. The first-order chi connectivity index (χ1) is 6.97. The van der Waals surface area contributed by atoms with Crippen LogP contribution in [0.4, 0.5) is 0 Å². The van der Waals surface area contributed by atoms with Gasteiger partial charge >= 0.3 is 0 Å². The second-order valence-corrected chi connectivity index (χ2v) is 4.39. The quantitative estimate of drug-likeness (QED) is 0.862. The standard InChI is InChI=1S/C12H18ClNO/c1-7(14)5-10-6-11(13)9(3)12(15-4)8(10)2/h6-7H,5,14H2,1-4H3. The van der Waals surface area contributed by atoms with Gasteiger partial charge in [-0.15, -0.1) is 0 Å². The van der Waals surface area contributed by atoms with Crippen LogP contribution in [0.15, 0.2) is 6.07 Å². The number of benzene rings is 1. The maximum absolute atomic E-state index is 6.13. The van der Waals surface area contributed by atoms with Crippen molar-refractivity contribution in [2.24, 2.45) is 5.73 Å². The Bertz CT molecular complexity index is 361. The third-order valence-electron chi connectivity index (χ3n) is 2.57. The predicted molar refractivity (Wildman–Crippen MR) is 64.8 cm³/mol. The summed E-state index contributed by atoms with van der Waals surface area (Å²) in [7, 11) is 1.67. The van der Waals surface area contributed by atoms with Gasteiger partial charge in [-0.3, -0.25) is 0 Å². The summed E-state index contributed by atoms with van der Waals surface area (Å²) in [6.07, 6.45) is 0.822. The fourth-order valence-corrected chi connectivity index (χ4v) is 1.99. The number of methoxy groups -OCH3 is 1. The summed E-state index contributed by atoms with van der Waals surface area (Å²) in [4.78, 5) is 0. The molecule has 0 heterocycles. The molecule has 0 aromatic heterocycles. The van der Waals surface area contributed by atoms with Gasteiger partial charge in [0.2, 0.25) is 0 Å². The summed E-state index contributed by atoms with van der Waals surface area (Å²) in [5.74, 6) is 0.873. The van der Waals surface area contributed by atoms with Crippen LogP contribution in [-0.2, 0) is 6.42 Å². The molecule has 3 heteroatoms. The first-order valence-electron chi connectivity index (χ1n) is 5.05. The number of hydrogen-bond acceptors (Lipinski definition) is 2. The van der Waals surface area contributed by atoms with Gasteiger partial charge < -0.3 is 10.5 Å². The van der Waals surface area contributed by atoms with Crippen molar-refractivity contribution >= 4 is 11.6 Å². The van der Waals surface area contributed by atoms with Crippen LogP contribution in [0.1, 0.15) is 23.6 Å². The SMILES string of the molecule is COc1c(C)c(Cl)cc(CC(C)N)c1C. The van der Waals surface area contributed by atoms with Crippen LogP contribution in [0.25, 0.3) is 0 Å². The van der Waals surface area contributed by atoms with Crippen LogP contribution in [0.3, 0.4) is 0 Å². The molecule has 84 valence electrons. The maximum atomic E-state index is 6.13. The molecule has 0 radical (unpaired) electrons. The molecule has 0 aliphatic heterocycles. The molecule has 0 bridgehead atoms. The van der Waals surface area contributed by atoms with Gasteiger partial charge in [0.25, 0.3) is 0 Å². The van der Waals surface area contributed by atoms with Crippen molar-refractivity contribution in [1.29, 1.82) is 0 Å². The van der Waals surface area contributed by atoms with Gasteiger partial charge in [-0.1, -0.05) is 11.6 Å². The Labute approximate surface area is 96.4 Å². The van der Waals surface area contributed by atoms with Gasteiger partial charge in [0.05, 0.1) is 7.11 Å². The van der Waals surface area contributed by atoms with Gasteiger partial charge in [0.15, 0.2) is 0 Å². The lowest BCUT2D eigenvalue weighted by molar-refractivity contribution is 0.407. The lowest BCUT2D eigenvalue weighted by Crippen LogP contribution is -2.18. The minimum atomic E-state index is 0.132. The molecule has 0 spiro atoms. The fourth-order valence-electron chi connectivity index (χ4n) is 1.77. The molecule has 2 nitrogen and oxygen atoms in total. The second-order valence-electron chi connectivity index (χ2n) is 3.98. The zero-order valence-corrected chi connectivity index (χ0v) is 10.5. The highest BCUT2D eigenvalue weighted by Crippen LogP contribution is 2.32. The first-order valence-corrected chi connectivity index (χ1v) is 5.43. The van der Waals surface area contributed by atoms with Gasteiger partial charge in [-0.25, -0.2) is 0 Å². The van der Waals surface area contributed by atoms with E-state index in [1.54, 1.807) is 7.11 Å². The molecule has 1 aromatic carbocycles. The topological polar surface area (TPSA) is 35.2 Å². The summed E-state index contributed by atoms with van der Waals surface area (Å²) in [5.41, 5.74) is 9.08. The molecular weight excluding hydrogens is 210 g/mol. The second kappa shape index (κ2) is 4.86. The summed E-state index contributed by atoms with van der Waals surface area (Å²) in [6.45, 7) is 5.99. The van der Waals surface area contributed by atoms with Crippen molar-refractivity contribution in [3.63, 3.8) is 0 Å². The van der Waals surface area contributed by atoms with Crippen molar-refractivity contribution < 1.29 is 4.74 Å².